The number of anilines is 2. The van der Waals surface area contributed by atoms with Gasteiger partial charge < -0.3 is 19.7 Å². The van der Waals surface area contributed by atoms with Crippen molar-refractivity contribution < 1.29 is 27.5 Å². The Balaban J connectivity index is 2.36. The maximum atomic E-state index is 12.9. The number of carbonyl (C=O) groups excluding carboxylic acids is 2. The number of benzene rings is 2. The van der Waals surface area contributed by atoms with E-state index < -0.39 is 22.5 Å². The predicted octanol–water partition coefficient (Wildman–Crippen LogP) is 2.59. The molecular weight excluding hydrogens is 434 g/mol. The van der Waals surface area contributed by atoms with Crippen molar-refractivity contribution >= 4 is 33.2 Å². The van der Waals surface area contributed by atoms with Crippen molar-refractivity contribution in [1.82, 2.24) is 4.90 Å². The van der Waals surface area contributed by atoms with Crippen molar-refractivity contribution in [3.8, 4) is 11.5 Å². The molecule has 0 radical (unpaired) electrons. The zero-order chi connectivity index (χ0) is 23.9. The highest BCUT2D eigenvalue weighted by atomic mass is 32.2. The average Bonchev–Trinajstić information content (AvgIpc) is 2.77. The molecule has 0 saturated carbocycles. The monoisotopic (exact) mass is 463 g/mol. The molecule has 9 nitrogen and oxygen atoms in total. The van der Waals surface area contributed by atoms with Gasteiger partial charge in [0.05, 0.1) is 37.4 Å². The zero-order valence-corrected chi connectivity index (χ0v) is 19.7. The lowest BCUT2D eigenvalue weighted by Crippen LogP contribution is -2.38. The van der Waals surface area contributed by atoms with E-state index in [2.05, 4.69) is 5.32 Å². The summed E-state index contributed by atoms with van der Waals surface area (Å²) in [6.45, 7) is 4.27. The van der Waals surface area contributed by atoms with E-state index in [0.29, 0.717) is 30.1 Å². The van der Waals surface area contributed by atoms with Gasteiger partial charge in [-0.1, -0.05) is 12.1 Å². The summed E-state index contributed by atoms with van der Waals surface area (Å²) in [5.74, 6) is -0.161. The summed E-state index contributed by atoms with van der Waals surface area (Å²) in [5, 5.41) is 2.67. The van der Waals surface area contributed by atoms with Gasteiger partial charge in [-0.2, -0.15) is 0 Å². The fraction of sp³-hybridized carbons (Fsp3) is 0.364. The molecule has 0 saturated heterocycles. The van der Waals surface area contributed by atoms with Gasteiger partial charge in [0.1, 0.15) is 18.0 Å². The standard InChI is InChI=1S/C22H29N3O6S/c1-6-24(7-2)22(27)17-10-8-9-11-18(17)23-21(26)15-25(32(5,28)29)19-14-16(30-3)12-13-20(19)31-4/h8-14H,6-7,15H2,1-5H3,(H,23,26). The number of carbonyl (C=O) groups is 2. The quantitative estimate of drug-likeness (QED) is 0.581. The third-order valence-electron chi connectivity index (χ3n) is 4.82. The topological polar surface area (TPSA) is 105 Å². The van der Waals surface area contributed by atoms with Crippen LogP contribution in [-0.4, -0.2) is 65.2 Å². The number of methoxy groups -OCH3 is 2. The lowest BCUT2D eigenvalue weighted by Gasteiger charge is -2.25. The number of nitrogens with zero attached hydrogens (tertiary/aromatic N) is 2. The minimum absolute atomic E-state index is 0.164. The average molecular weight is 464 g/mol. The highest BCUT2D eigenvalue weighted by Gasteiger charge is 2.26. The van der Waals surface area contributed by atoms with E-state index in [1.807, 2.05) is 13.8 Å². The third kappa shape index (κ3) is 5.91. The molecule has 0 atom stereocenters. The van der Waals surface area contributed by atoms with Crippen LogP contribution in [0.1, 0.15) is 24.2 Å². The second kappa shape index (κ2) is 10.9. The Labute approximate surface area is 189 Å². The van der Waals surface area contributed by atoms with Crippen molar-refractivity contribution in [1.29, 1.82) is 0 Å². The second-order valence-electron chi connectivity index (χ2n) is 6.88. The first-order valence-electron chi connectivity index (χ1n) is 10.0. The molecule has 0 bridgehead atoms. The summed E-state index contributed by atoms with van der Waals surface area (Å²) in [5.41, 5.74) is 0.798. The fourth-order valence-corrected chi connectivity index (χ4v) is 4.00. The van der Waals surface area contributed by atoms with E-state index in [9.17, 15) is 18.0 Å². The van der Waals surface area contributed by atoms with E-state index in [1.54, 1.807) is 41.3 Å². The predicted molar refractivity (Wildman–Crippen MR) is 124 cm³/mol. The number of para-hydroxylation sites is 1. The molecular formula is C22H29N3O6S. The van der Waals surface area contributed by atoms with Gasteiger partial charge in [0.2, 0.25) is 15.9 Å². The van der Waals surface area contributed by atoms with Gasteiger partial charge >= 0.3 is 0 Å². The summed E-state index contributed by atoms with van der Waals surface area (Å²) < 4.78 is 36.4. The smallest absolute Gasteiger partial charge is 0.255 e. The van der Waals surface area contributed by atoms with E-state index in [-0.39, 0.29) is 17.3 Å². The van der Waals surface area contributed by atoms with Gasteiger partial charge in [-0.3, -0.25) is 13.9 Å². The largest absolute Gasteiger partial charge is 0.497 e. The Kier molecular flexibility index (Phi) is 8.48. The number of amides is 2. The van der Waals surface area contributed by atoms with Crippen LogP contribution in [0.15, 0.2) is 42.5 Å². The number of sulfonamides is 1. The molecule has 174 valence electrons. The maximum absolute atomic E-state index is 12.9. The van der Waals surface area contributed by atoms with Crippen LogP contribution in [-0.2, 0) is 14.8 Å². The van der Waals surface area contributed by atoms with Gasteiger partial charge in [-0.25, -0.2) is 8.42 Å². The lowest BCUT2D eigenvalue weighted by atomic mass is 10.1. The second-order valence-corrected chi connectivity index (χ2v) is 8.79. The highest BCUT2D eigenvalue weighted by molar-refractivity contribution is 7.92. The normalized spacial score (nSPS) is 10.9. The first-order chi connectivity index (χ1) is 15.2. The Morgan fingerprint density at radius 2 is 1.66 bits per heavy atom. The molecule has 10 heteroatoms. The minimum Gasteiger partial charge on any atom is -0.497 e. The molecule has 2 aromatic rings. The number of hydrogen-bond donors (Lipinski definition) is 1. The number of hydrogen-bond acceptors (Lipinski definition) is 6. The van der Waals surface area contributed by atoms with Crippen LogP contribution >= 0.6 is 0 Å². The first-order valence-corrected chi connectivity index (χ1v) is 11.9. The molecule has 0 heterocycles. The SMILES string of the molecule is CCN(CC)C(=O)c1ccccc1NC(=O)CN(c1cc(OC)ccc1OC)S(C)(=O)=O. The van der Waals surface area contributed by atoms with Crippen molar-refractivity contribution in [2.45, 2.75) is 13.8 Å². The maximum Gasteiger partial charge on any atom is 0.255 e. The van der Waals surface area contributed by atoms with Crippen LogP contribution < -0.4 is 19.1 Å². The molecule has 0 aliphatic rings. The van der Waals surface area contributed by atoms with Gasteiger partial charge in [-0.15, -0.1) is 0 Å². The molecule has 1 N–H and O–H groups in total. The number of rotatable bonds is 10. The molecule has 0 fully saturated rings. The van der Waals surface area contributed by atoms with Gasteiger partial charge in [0.15, 0.2) is 0 Å². The van der Waals surface area contributed by atoms with Crippen LogP contribution in [0.5, 0.6) is 11.5 Å². The fourth-order valence-electron chi connectivity index (χ4n) is 3.15. The summed E-state index contributed by atoms with van der Waals surface area (Å²) in [6.07, 6.45) is 0.997. The lowest BCUT2D eigenvalue weighted by molar-refractivity contribution is -0.114. The molecule has 2 rings (SSSR count). The van der Waals surface area contributed by atoms with Crippen LogP contribution in [0.4, 0.5) is 11.4 Å². The highest BCUT2D eigenvalue weighted by Crippen LogP contribution is 2.33. The van der Waals surface area contributed by atoms with E-state index in [4.69, 9.17) is 9.47 Å². The van der Waals surface area contributed by atoms with Crippen molar-refractivity contribution in [2.75, 3.05) is 49.7 Å². The van der Waals surface area contributed by atoms with Gasteiger partial charge in [0, 0.05) is 19.2 Å². The summed E-state index contributed by atoms with van der Waals surface area (Å²) in [4.78, 5) is 27.3. The molecule has 2 amide bonds. The van der Waals surface area contributed by atoms with Crippen LogP contribution in [0.3, 0.4) is 0 Å². The van der Waals surface area contributed by atoms with E-state index >= 15 is 0 Å². The third-order valence-corrected chi connectivity index (χ3v) is 5.95. The van der Waals surface area contributed by atoms with Gasteiger partial charge in [-0.05, 0) is 38.1 Å². The zero-order valence-electron chi connectivity index (χ0n) is 18.9. The van der Waals surface area contributed by atoms with Crippen LogP contribution in [0, 0.1) is 0 Å². The number of nitrogens with one attached hydrogen (secondary N) is 1. The van der Waals surface area contributed by atoms with Gasteiger partial charge in [0.25, 0.3) is 5.91 Å². The molecule has 0 aromatic heterocycles. The van der Waals surface area contributed by atoms with E-state index in [1.165, 1.54) is 20.3 Å². The molecule has 0 spiro atoms. The van der Waals surface area contributed by atoms with Crippen molar-refractivity contribution in [2.24, 2.45) is 0 Å². The van der Waals surface area contributed by atoms with E-state index in [0.717, 1.165) is 10.6 Å². The Morgan fingerprint density at radius 1 is 1.00 bits per heavy atom. The molecule has 0 unspecified atom stereocenters. The Bertz CT molecular complexity index is 1070. The Morgan fingerprint density at radius 3 is 2.22 bits per heavy atom. The molecule has 32 heavy (non-hydrogen) atoms. The summed E-state index contributed by atoms with van der Waals surface area (Å²) in [7, 11) is -0.994. The van der Waals surface area contributed by atoms with Crippen molar-refractivity contribution in [3.05, 3.63) is 48.0 Å². The summed E-state index contributed by atoms with van der Waals surface area (Å²) in [6, 6.07) is 11.3. The number of ether oxygens (including phenoxy) is 2. The summed E-state index contributed by atoms with van der Waals surface area (Å²) >= 11 is 0. The minimum atomic E-state index is -3.85. The van der Waals surface area contributed by atoms with Crippen LogP contribution in [0.2, 0.25) is 0 Å². The molecule has 0 aliphatic carbocycles. The van der Waals surface area contributed by atoms with Crippen molar-refractivity contribution in [3.63, 3.8) is 0 Å². The Hall–Kier alpha value is -3.27. The molecule has 2 aromatic carbocycles. The first kappa shape index (κ1) is 25.0. The molecule has 0 aliphatic heterocycles. The van der Waals surface area contributed by atoms with Crippen LogP contribution in [0.25, 0.3) is 0 Å².